The average molecular weight is 459 g/mol. The monoisotopic (exact) mass is 458 g/mol. The van der Waals surface area contributed by atoms with Gasteiger partial charge in [-0.25, -0.2) is 0 Å². The van der Waals surface area contributed by atoms with Gasteiger partial charge in [0, 0.05) is 38.0 Å². The van der Waals surface area contributed by atoms with Gasteiger partial charge in [-0.05, 0) is 105 Å². The van der Waals surface area contributed by atoms with E-state index in [4.69, 9.17) is 0 Å². The van der Waals surface area contributed by atoms with E-state index in [-0.39, 0.29) is 29.1 Å². The second kappa shape index (κ2) is 8.28. The van der Waals surface area contributed by atoms with Crippen molar-refractivity contribution in [3.8, 4) is 0 Å². The van der Waals surface area contributed by atoms with Crippen LogP contribution in [0.1, 0.15) is 84.5 Å². The van der Waals surface area contributed by atoms with E-state index in [0.717, 1.165) is 44.2 Å². The van der Waals surface area contributed by atoms with Gasteiger partial charge < -0.3 is 10.2 Å². The van der Waals surface area contributed by atoms with Gasteiger partial charge in [0.1, 0.15) is 5.78 Å². The van der Waals surface area contributed by atoms with Crippen LogP contribution in [0.15, 0.2) is 0 Å². The lowest BCUT2D eigenvalue weighted by molar-refractivity contribution is -0.155. The molecule has 2 saturated heterocycles. The summed E-state index contributed by atoms with van der Waals surface area (Å²) in [6.45, 7) is 9.00. The molecule has 5 nitrogen and oxygen atoms in total. The molecule has 0 spiro atoms. The van der Waals surface area contributed by atoms with Gasteiger partial charge in [-0.2, -0.15) is 0 Å². The van der Waals surface area contributed by atoms with E-state index in [9.17, 15) is 15.0 Å². The number of likely N-dealkylation sites (tertiary alicyclic amines) is 2. The minimum Gasteiger partial charge on any atom is -0.391 e. The molecule has 186 valence electrons. The van der Waals surface area contributed by atoms with Crippen molar-refractivity contribution < 1.29 is 15.0 Å². The van der Waals surface area contributed by atoms with Gasteiger partial charge in [-0.15, -0.1) is 0 Å². The van der Waals surface area contributed by atoms with Crippen LogP contribution in [0.4, 0.5) is 0 Å². The van der Waals surface area contributed by atoms with Crippen molar-refractivity contribution in [1.29, 1.82) is 0 Å². The van der Waals surface area contributed by atoms with Gasteiger partial charge in [0.25, 0.3) is 0 Å². The van der Waals surface area contributed by atoms with E-state index in [1.165, 1.54) is 51.6 Å². The number of hydrogen-bond donors (Lipinski definition) is 2. The van der Waals surface area contributed by atoms with Crippen LogP contribution in [0.2, 0.25) is 0 Å². The molecule has 0 aromatic carbocycles. The normalized spacial score (nSPS) is 53.5. The van der Waals surface area contributed by atoms with Crippen molar-refractivity contribution in [2.75, 3.05) is 26.2 Å². The molecular formula is C28H46N2O3. The van der Waals surface area contributed by atoms with Gasteiger partial charge in [-0.3, -0.25) is 14.6 Å². The third-order valence-electron chi connectivity index (χ3n) is 12.1. The molecule has 0 radical (unpaired) electrons. The number of nitrogens with zero attached hydrogens (tertiary/aromatic N) is 2. The minimum atomic E-state index is -0.241. The lowest BCUT2D eigenvalue weighted by Gasteiger charge is -2.62. The van der Waals surface area contributed by atoms with Crippen LogP contribution in [-0.4, -0.2) is 76.3 Å². The van der Waals surface area contributed by atoms with E-state index in [0.29, 0.717) is 36.5 Å². The number of carbonyl (C=O) groups excluding carboxylic acids is 1. The molecule has 2 heterocycles. The van der Waals surface area contributed by atoms with Gasteiger partial charge in [0.2, 0.25) is 0 Å². The molecule has 0 bridgehead atoms. The predicted molar refractivity (Wildman–Crippen MR) is 129 cm³/mol. The average Bonchev–Trinajstić information content (AvgIpc) is 3.41. The Kier molecular flexibility index (Phi) is 5.76. The summed E-state index contributed by atoms with van der Waals surface area (Å²) >= 11 is 0. The van der Waals surface area contributed by atoms with Gasteiger partial charge in [-0.1, -0.05) is 13.8 Å². The van der Waals surface area contributed by atoms with Crippen molar-refractivity contribution in [2.24, 2.45) is 34.5 Å². The summed E-state index contributed by atoms with van der Waals surface area (Å²) in [5.41, 5.74) is 0.366. The number of piperidine rings is 1. The maximum Gasteiger partial charge on any atom is 0.135 e. The largest absolute Gasteiger partial charge is 0.391 e. The number of rotatable bonds is 2. The van der Waals surface area contributed by atoms with Crippen LogP contribution < -0.4 is 0 Å². The summed E-state index contributed by atoms with van der Waals surface area (Å²) in [6.07, 6.45) is 11.7. The Bertz CT molecular complexity index is 758. The van der Waals surface area contributed by atoms with Crippen LogP contribution in [0, 0.1) is 34.5 Å². The topological polar surface area (TPSA) is 64.0 Å². The summed E-state index contributed by atoms with van der Waals surface area (Å²) in [6, 6.07) is 0.594. The van der Waals surface area contributed by atoms with Crippen LogP contribution in [0.5, 0.6) is 0 Å². The number of fused-ring (bicyclic) bond motifs is 5. The molecular weight excluding hydrogens is 412 g/mol. The Morgan fingerprint density at radius 3 is 2.24 bits per heavy atom. The number of hydrogen-bond acceptors (Lipinski definition) is 5. The molecule has 5 heteroatoms. The fourth-order valence-corrected chi connectivity index (χ4v) is 10.2. The third kappa shape index (κ3) is 3.50. The SMILES string of the molecule is C[C@]12C[C@H](N3CCC(=O)CC3)[C@@H](O)C[C@@H]1CC[C@@H]1[C@@H]2CC[C@]2(C)[C@@H](O)[C@@H](N3CCCC3)C[C@@H]12. The Hall–Kier alpha value is -0.490. The molecule has 4 saturated carbocycles. The van der Waals surface area contributed by atoms with E-state index in [1.54, 1.807) is 0 Å². The van der Waals surface area contributed by atoms with Crippen LogP contribution in [0.3, 0.4) is 0 Å². The Labute approximate surface area is 200 Å². The molecule has 6 fully saturated rings. The smallest absolute Gasteiger partial charge is 0.135 e. The van der Waals surface area contributed by atoms with E-state index >= 15 is 0 Å². The molecule has 6 aliphatic rings. The number of carbonyl (C=O) groups is 1. The Morgan fingerprint density at radius 2 is 1.52 bits per heavy atom. The first-order valence-corrected chi connectivity index (χ1v) is 14.2. The number of ketones is 1. The number of aliphatic hydroxyl groups is 2. The molecule has 0 amide bonds. The van der Waals surface area contributed by atoms with Crippen molar-refractivity contribution in [1.82, 2.24) is 9.80 Å². The second-order valence-electron chi connectivity index (χ2n) is 13.3. The fraction of sp³-hybridized carbons (Fsp3) is 0.964. The van der Waals surface area contributed by atoms with Crippen LogP contribution >= 0.6 is 0 Å². The molecule has 0 unspecified atom stereocenters. The highest BCUT2D eigenvalue weighted by atomic mass is 16.3. The molecule has 10 atom stereocenters. The summed E-state index contributed by atoms with van der Waals surface area (Å²) in [5, 5.41) is 22.7. The van der Waals surface area contributed by atoms with Gasteiger partial charge in [0.05, 0.1) is 12.2 Å². The third-order valence-corrected chi connectivity index (χ3v) is 12.1. The van der Waals surface area contributed by atoms with Crippen molar-refractivity contribution >= 4 is 5.78 Å². The summed E-state index contributed by atoms with van der Waals surface area (Å²) in [7, 11) is 0. The summed E-state index contributed by atoms with van der Waals surface area (Å²) in [5.74, 6) is 3.11. The van der Waals surface area contributed by atoms with Crippen LogP contribution in [-0.2, 0) is 4.79 Å². The molecule has 6 rings (SSSR count). The standard InChI is InChI=1S/C28H46N2O3/c1-27-10-7-21-20(22(27)16-23(26(27)33)29-11-3-4-12-29)6-5-18-15-25(32)24(17-28(18,21)2)30-13-8-19(31)9-14-30/h18,20-26,32-33H,3-17H2,1-2H3/t18-,20+,21-,22-,23-,24-,25-,26-,27-,28-/m0/s1. The highest BCUT2D eigenvalue weighted by molar-refractivity contribution is 5.79. The molecule has 33 heavy (non-hydrogen) atoms. The quantitative estimate of drug-likeness (QED) is 0.663. The minimum absolute atomic E-state index is 0.0818. The Balaban J connectivity index is 1.24. The first-order valence-electron chi connectivity index (χ1n) is 14.2. The zero-order chi connectivity index (χ0) is 23.0. The van der Waals surface area contributed by atoms with Gasteiger partial charge >= 0.3 is 0 Å². The predicted octanol–water partition coefficient (Wildman–Crippen LogP) is 3.47. The second-order valence-corrected chi connectivity index (χ2v) is 13.3. The molecule has 2 aliphatic heterocycles. The van der Waals surface area contributed by atoms with E-state index in [1.807, 2.05) is 0 Å². The first-order chi connectivity index (χ1) is 15.8. The molecule has 0 aromatic rings. The highest BCUT2D eigenvalue weighted by Crippen LogP contribution is 2.66. The fourth-order valence-electron chi connectivity index (χ4n) is 10.2. The van der Waals surface area contributed by atoms with Crippen molar-refractivity contribution in [3.05, 3.63) is 0 Å². The lowest BCUT2D eigenvalue weighted by Crippen LogP contribution is -2.60. The first kappa shape index (κ1) is 22.9. The molecule has 4 aliphatic carbocycles. The maximum atomic E-state index is 11.8. The summed E-state index contributed by atoms with van der Waals surface area (Å²) < 4.78 is 0. The van der Waals surface area contributed by atoms with Crippen molar-refractivity contribution in [2.45, 2.75) is 109 Å². The van der Waals surface area contributed by atoms with Crippen molar-refractivity contribution in [3.63, 3.8) is 0 Å². The Morgan fingerprint density at radius 1 is 0.818 bits per heavy atom. The molecule has 2 N–H and O–H groups in total. The molecule has 0 aromatic heterocycles. The zero-order valence-electron chi connectivity index (χ0n) is 20.9. The van der Waals surface area contributed by atoms with E-state index in [2.05, 4.69) is 23.6 Å². The highest BCUT2D eigenvalue weighted by Gasteiger charge is 2.63. The number of aliphatic hydroxyl groups excluding tert-OH is 2. The van der Waals surface area contributed by atoms with Gasteiger partial charge in [0.15, 0.2) is 0 Å². The van der Waals surface area contributed by atoms with Crippen LogP contribution in [0.25, 0.3) is 0 Å². The zero-order valence-corrected chi connectivity index (χ0v) is 20.9. The maximum absolute atomic E-state index is 11.8. The van der Waals surface area contributed by atoms with E-state index < -0.39 is 0 Å². The number of Topliss-reactive ketones (excluding diaryl/α,β-unsaturated/α-hetero) is 1. The lowest BCUT2D eigenvalue weighted by atomic mass is 9.44. The summed E-state index contributed by atoms with van der Waals surface area (Å²) in [4.78, 5) is 16.9.